The summed E-state index contributed by atoms with van der Waals surface area (Å²) in [5.41, 5.74) is 3.19. The second kappa shape index (κ2) is 7.86. The van der Waals surface area contributed by atoms with Gasteiger partial charge in [0.25, 0.3) is 5.91 Å². The summed E-state index contributed by atoms with van der Waals surface area (Å²) < 4.78 is 11.0. The Morgan fingerprint density at radius 2 is 1.79 bits per heavy atom. The van der Waals surface area contributed by atoms with E-state index in [4.69, 9.17) is 9.47 Å². The van der Waals surface area contributed by atoms with E-state index in [-0.39, 0.29) is 5.91 Å². The van der Waals surface area contributed by atoms with Crippen LogP contribution in [0.3, 0.4) is 0 Å². The highest BCUT2D eigenvalue weighted by Gasteiger charge is 2.20. The highest BCUT2D eigenvalue weighted by molar-refractivity contribution is 5.80. The molecule has 0 heterocycles. The fourth-order valence-electron chi connectivity index (χ4n) is 2.47. The van der Waals surface area contributed by atoms with Crippen LogP contribution in [0.4, 0.5) is 0 Å². The smallest absolute Gasteiger partial charge is 0.263 e. The number of hydrogen-bond donors (Lipinski definition) is 0. The number of methoxy groups -OCH3 is 1. The molecule has 0 radical (unpaired) electrons. The van der Waals surface area contributed by atoms with Gasteiger partial charge in [-0.1, -0.05) is 24.3 Å². The number of nitrogens with zero attached hydrogens (tertiary/aromatic N) is 1. The average Bonchev–Trinajstić information content (AvgIpc) is 2.58. The molecule has 0 aliphatic rings. The Bertz CT molecular complexity index is 695. The lowest BCUT2D eigenvalue weighted by Gasteiger charge is -2.23. The van der Waals surface area contributed by atoms with Crippen LogP contribution in [0.5, 0.6) is 11.5 Å². The number of hydrogen-bond acceptors (Lipinski definition) is 3. The van der Waals surface area contributed by atoms with E-state index in [2.05, 4.69) is 0 Å². The Balaban J connectivity index is 1.99. The predicted molar refractivity (Wildman–Crippen MR) is 95.5 cm³/mol. The summed E-state index contributed by atoms with van der Waals surface area (Å²) in [5, 5.41) is 0. The lowest BCUT2D eigenvalue weighted by Crippen LogP contribution is -2.37. The van der Waals surface area contributed by atoms with Crippen LogP contribution in [-0.4, -0.2) is 31.1 Å². The summed E-state index contributed by atoms with van der Waals surface area (Å²) in [5.74, 6) is 1.51. The molecule has 2 rings (SSSR count). The molecular weight excluding hydrogens is 302 g/mol. The summed E-state index contributed by atoms with van der Waals surface area (Å²) in [7, 11) is 3.42. The van der Waals surface area contributed by atoms with Gasteiger partial charge in [0.1, 0.15) is 11.5 Å². The van der Waals surface area contributed by atoms with E-state index in [1.54, 1.807) is 26.0 Å². The van der Waals surface area contributed by atoms with E-state index in [9.17, 15) is 4.79 Å². The van der Waals surface area contributed by atoms with E-state index in [1.807, 2.05) is 56.3 Å². The van der Waals surface area contributed by atoms with Crippen molar-refractivity contribution in [2.24, 2.45) is 0 Å². The van der Waals surface area contributed by atoms with Crippen molar-refractivity contribution in [3.8, 4) is 11.5 Å². The minimum absolute atomic E-state index is 0.0493. The van der Waals surface area contributed by atoms with E-state index >= 15 is 0 Å². The Morgan fingerprint density at radius 1 is 1.12 bits per heavy atom. The van der Waals surface area contributed by atoms with Crippen molar-refractivity contribution in [2.75, 3.05) is 14.2 Å². The van der Waals surface area contributed by atoms with Crippen LogP contribution in [0.25, 0.3) is 0 Å². The number of aryl methyl sites for hydroxylation is 2. The van der Waals surface area contributed by atoms with Gasteiger partial charge in [-0.15, -0.1) is 0 Å². The van der Waals surface area contributed by atoms with Crippen molar-refractivity contribution in [1.29, 1.82) is 0 Å². The van der Waals surface area contributed by atoms with Gasteiger partial charge in [0.15, 0.2) is 6.10 Å². The van der Waals surface area contributed by atoms with E-state index in [0.29, 0.717) is 6.54 Å². The summed E-state index contributed by atoms with van der Waals surface area (Å²) in [6.07, 6.45) is -0.534. The van der Waals surface area contributed by atoms with Crippen LogP contribution in [0.2, 0.25) is 0 Å². The van der Waals surface area contributed by atoms with Gasteiger partial charge in [-0.05, 0) is 55.7 Å². The molecule has 0 aliphatic carbocycles. The van der Waals surface area contributed by atoms with Crippen molar-refractivity contribution < 1.29 is 14.3 Å². The van der Waals surface area contributed by atoms with Crippen LogP contribution < -0.4 is 9.47 Å². The molecule has 0 aromatic heterocycles. The first kappa shape index (κ1) is 17.9. The Kier molecular flexibility index (Phi) is 5.85. The molecule has 4 nitrogen and oxygen atoms in total. The molecule has 2 aromatic carbocycles. The van der Waals surface area contributed by atoms with Crippen LogP contribution in [-0.2, 0) is 11.3 Å². The first-order chi connectivity index (χ1) is 11.4. The summed E-state index contributed by atoms with van der Waals surface area (Å²) in [6.45, 7) is 6.31. The van der Waals surface area contributed by atoms with Crippen LogP contribution in [0.1, 0.15) is 23.6 Å². The molecule has 0 fully saturated rings. The standard InChI is InChI=1S/C20H25NO3/c1-14-6-7-15(2)19(12-14)24-16(3)20(22)21(4)13-17-8-10-18(23-5)11-9-17/h6-12,16H,13H2,1-5H3. The number of carbonyl (C=O) groups is 1. The van der Waals surface area contributed by atoms with Gasteiger partial charge in [-0.2, -0.15) is 0 Å². The largest absolute Gasteiger partial charge is 0.497 e. The van der Waals surface area contributed by atoms with Crippen molar-refractivity contribution in [2.45, 2.75) is 33.4 Å². The number of carbonyl (C=O) groups excluding carboxylic acids is 1. The predicted octanol–water partition coefficient (Wildman–Crippen LogP) is 3.74. The molecule has 0 spiro atoms. The van der Waals surface area contributed by atoms with Gasteiger partial charge in [-0.3, -0.25) is 4.79 Å². The second-order valence-electron chi connectivity index (χ2n) is 6.07. The van der Waals surface area contributed by atoms with Gasteiger partial charge in [0.05, 0.1) is 7.11 Å². The third-order valence-corrected chi connectivity index (χ3v) is 3.95. The third kappa shape index (κ3) is 4.51. The lowest BCUT2D eigenvalue weighted by atomic mass is 10.1. The molecule has 1 amide bonds. The van der Waals surface area contributed by atoms with Gasteiger partial charge in [0.2, 0.25) is 0 Å². The van der Waals surface area contributed by atoms with Gasteiger partial charge >= 0.3 is 0 Å². The maximum absolute atomic E-state index is 12.5. The van der Waals surface area contributed by atoms with Gasteiger partial charge in [-0.25, -0.2) is 0 Å². The molecule has 1 unspecified atom stereocenters. The maximum Gasteiger partial charge on any atom is 0.263 e. The zero-order valence-corrected chi connectivity index (χ0v) is 15.0. The van der Waals surface area contributed by atoms with E-state index < -0.39 is 6.10 Å². The number of likely N-dealkylation sites (N-methyl/N-ethyl adjacent to an activating group) is 1. The fourth-order valence-corrected chi connectivity index (χ4v) is 2.47. The molecule has 0 aliphatic heterocycles. The first-order valence-electron chi connectivity index (χ1n) is 8.02. The zero-order chi connectivity index (χ0) is 17.7. The summed E-state index contributed by atoms with van der Waals surface area (Å²) in [4.78, 5) is 14.2. The van der Waals surface area contributed by atoms with Crippen molar-refractivity contribution in [3.63, 3.8) is 0 Å². The molecule has 2 aromatic rings. The minimum atomic E-state index is -0.534. The second-order valence-corrected chi connectivity index (χ2v) is 6.07. The van der Waals surface area contributed by atoms with Gasteiger partial charge in [0, 0.05) is 13.6 Å². The molecule has 128 valence electrons. The van der Waals surface area contributed by atoms with Crippen molar-refractivity contribution in [1.82, 2.24) is 4.90 Å². The monoisotopic (exact) mass is 327 g/mol. The van der Waals surface area contributed by atoms with Crippen LogP contribution in [0, 0.1) is 13.8 Å². The lowest BCUT2D eigenvalue weighted by molar-refractivity contribution is -0.137. The maximum atomic E-state index is 12.5. The topological polar surface area (TPSA) is 38.8 Å². The minimum Gasteiger partial charge on any atom is -0.497 e. The molecule has 4 heteroatoms. The van der Waals surface area contributed by atoms with Crippen LogP contribution in [0.15, 0.2) is 42.5 Å². The van der Waals surface area contributed by atoms with Crippen molar-refractivity contribution in [3.05, 3.63) is 59.2 Å². The summed E-state index contributed by atoms with van der Waals surface area (Å²) >= 11 is 0. The third-order valence-electron chi connectivity index (χ3n) is 3.95. The average molecular weight is 327 g/mol. The Hall–Kier alpha value is -2.49. The number of amides is 1. The fraction of sp³-hybridized carbons (Fsp3) is 0.350. The molecule has 0 N–H and O–H groups in total. The number of rotatable bonds is 6. The molecule has 0 bridgehead atoms. The van der Waals surface area contributed by atoms with Crippen molar-refractivity contribution >= 4 is 5.91 Å². The molecule has 0 saturated carbocycles. The molecule has 0 saturated heterocycles. The zero-order valence-electron chi connectivity index (χ0n) is 15.0. The normalized spacial score (nSPS) is 11.7. The molecule has 1 atom stereocenters. The Morgan fingerprint density at radius 3 is 2.42 bits per heavy atom. The van der Waals surface area contributed by atoms with Crippen LogP contribution >= 0.6 is 0 Å². The van der Waals surface area contributed by atoms with Gasteiger partial charge < -0.3 is 14.4 Å². The highest BCUT2D eigenvalue weighted by atomic mass is 16.5. The highest BCUT2D eigenvalue weighted by Crippen LogP contribution is 2.21. The quantitative estimate of drug-likeness (QED) is 0.811. The molecular formula is C20H25NO3. The van der Waals surface area contributed by atoms with E-state index in [1.165, 1.54) is 0 Å². The number of benzene rings is 2. The molecule has 24 heavy (non-hydrogen) atoms. The first-order valence-corrected chi connectivity index (χ1v) is 8.02. The van der Waals surface area contributed by atoms with E-state index in [0.717, 1.165) is 28.2 Å². The SMILES string of the molecule is COc1ccc(CN(C)C(=O)C(C)Oc2cc(C)ccc2C)cc1. The summed E-state index contributed by atoms with van der Waals surface area (Å²) in [6, 6.07) is 13.7. The number of ether oxygens (including phenoxy) is 2. The Labute approximate surface area is 144 Å².